The van der Waals surface area contributed by atoms with Crippen molar-refractivity contribution in [2.24, 2.45) is 11.8 Å². The molecule has 0 amide bonds. The van der Waals surface area contributed by atoms with E-state index in [1.807, 2.05) is 0 Å². The standard InChI is InChI=1S/C10H18.Al.3H/c1-2-6-9(5-1)10-7-3-4-8-10;;;;/h9-10H,1-8H2;;;;. The van der Waals surface area contributed by atoms with Crippen molar-refractivity contribution < 1.29 is 0 Å². The summed E-state index contributed by atoms with van der Waals surface area (Å²) >= 11 is 0. The predicted octanol–water partition coefficient (Wildman–Crippen LogP) is 2.18. The summed E-state index contributed by atoms with van der Waals surface area (Å²) in [5.41, 5.74) is 0. The zero-order valence-corrected chi connectivity index (χ0v) is 6.81. The largest absolute Gasteiger partial charge is 0.187 e. The normalized spacial score (nSPS) is 27.3. The van der Waals surface area contributed by atoms with Gasteiger partial charge in [-0.15, -0.1) is 0 Å². The molecule has 0 atom stereocenters. The van der Waals surface area contributed by atoms with Crippen molar-refractivity contribution in [2.45, 2.75) is 51.4 Å². The summed E-state index contributed by atoms with van der Waals surface area (Å²) in [5.74, 6) is 2.31. The first kappa shape index (κ1) is 9.62. The van der Waals surface area contributed by atoms with Crippen LogP contribution in [0.4, 0.5) is 0 Å². The number of hydrogen-bond acceptors (Lipinski definition) is 0. The van der Waals surface area contributed by atoms with Crippen LogP contribution in [0.25, 0.3) is 0 Å². The van der Waals surface area contributed by atoms with E-state index in [0.29, 0.717) is 0 Å². The van der Waals surface area contributed by atoms with E-state index in [-0.39, 0.29) is 17.4 Å². The minimum atomic E-state index is 0. The molecule has 11 heavy (non-hydrogen) atoms. The van der Waals surface area contributed by atoms with E-state index < -0.39 is 0 Å². The summed E-state index contributed by atoms with van der Waals surface area (Å²) in [6, 6.07) is 0. The Morgan fingerprint density at radius 3 is 1.09 bits per heavy atom. The van der Waals surface area contributed by atoms with Gasteiger partial charge in [0, 0.05) is 0 Å². The molecule has 2 fully saturated rings. The fourth-order valence-electron chi connectivity index (χ4n) is 2.86. The summed E-state index contributed by atoms with van der Waals surface area (Å²) in [6.45, 7) is 0. The molecule has 0 saturated heterocycles. The highest BCUT2D eigenvalue weighted by Gasteiger charge is 2.26. The molecular weight excluding hydrogens is 147 g/mol. The fourth-order valence-corrected chi connectivity index (χ4v) is 2.86. The molecule has 0 radical (unpaired) electrons. The Hall–Kier alpha value is 0.532. The van der Waals surface area contributed by atoms with Crippen LogP contribution in [0.5, 0.6) is 0 Å². The Morgan fingerprint density at radius 1 is 0.545 bits per heavy atom. The van der Waals surface area contributed by atoms with Gasteiger partial charge in [0.15, 0.2) is 17.4 Å². The van der Waals surface area contributed by atoms with Crippen molar-refractivity contribution in [1.82, 2.24) is 0 Å². The molecule has 1 heteroatoms. The van der Waals surface area contributed by atoms with Gasteiger partial charge < -0.3 is 0 Å². The van der Waals surface area contributed by atoms with Gasteiger partial charge in [-0.2, -0.15) is 0 Å². The molecule has 0 spiro atoms. The predicted molar refractivity (Wildman–Crippen MR) is 53.9 cm³/mol. The van der Waals surface area contributed by atoms with Gasteiger partial charge in [0.05, 0.1) is 0 Å². The van der Waals surface area contributed by atoms with E-state index in [1.54, 1.807) is 25.7 Å². The lowest BCUT2D eigenvalue weighted by atomic mass is 9.90. The highest BCUT2D eigenvalue weighted by Crippen LogP contribution is 2.39. The van der Waals surface area contributed by atoms with E-state index in [2.05, 4.69) is 0 Å². The van der Waals surface area contributed by atoms with E-state index >= 15 is 0 Å². The quantitative estimate of drug-likeness (QED) is 0.526. The van der Waals surface area contributed by atoms with E-state index in [4.69, 9.17) is 0 Å². The van der Waals surface area contributed by atoms with Crippen LogP contribution >= 0.6 is 0 Å². The molecule has 0 unspecified atom stereocenters. The Morgan fingerprint density at radius 2 is 0.818 bits per heavy atom. The van der Waals surface area contributed by atoms with Crippen molar-refractivity contribution in [3.05, 3.63) is 0 Å². The molecule has 2 rings (SSSR count). The first-order valence-electron chi connectivity index (χ1n) is 4.97. The molecule has 0 aromatic heterocycles. The third-order valence-corrected chi connectivity index (χ3v) is 3.47. The molecule has 0 bridgehead atoms. The first-order valence-corrected chi connectivity index (χ1v) is 4.97. The summed E-state index contributed by atoms with van der Waals surface area (Å²) < 4.78 is 0. The van der Waals surface area contributed by atoms with Gasteiger partial charge >= 0.3 is 0 Å². The van der Waals surface area contributed by atoms with Crippen LogP contribution < -0.4 is 0 Å². The van der Waals surface area contributed by atoms with Crippen molar-refractivity contribution >= 4 is 17.4 Å². The molecule has 0 aliphatic heterocycles. The molecule has 0 aromatic carbocycles. The second-order valence-electron chi connectivity index (χ2n) is 4.09. The van der Waals surface area contributed by atoms with E-state index in [1.165, 1.54) is 25.7 Å². The van der Waals surface area contributed by atoms with Gasteiger partial charge in [-0.3, -0.25) is 0 Å². The third-order valence-electron chi connectivity index (χ3n) is 3.47. The van der Waals surface area contributed by atoms with Crippen LogP contribution in [0.1, 0.15) is 51.4 Å². The molecular formula is C10H21Al. The van der Waals surface area contributed by atoms with Crippen LogP contribution in [0.15, 0.2) is 0 Å². The lowest BCUT2D eigenvalue weighted by molar-refractivity contribution is 0.347. The zero-order valence-electron chi connectivity index (χ0n) is 6.81. The molecule has 0 aromatic rings. The zero-order chi connectivity index (χ0) is 6.81. The smallest absolute Gasteiger partial charge is 0.0530 e. The minimum Gasteiger partial charge on any atom is -0.0530 e. The van der Waals surface area contributed by atoms with Crippen molar-refractivity contribution in [1.29, 1.82) is 0 Å². The van der Waals surface area contributed by atoms with E-state index in [9.17, 15) is 0 Å². The highest BCUT2D eigenvalue weighted by molar-refractivity contribution is 5.75. The topological polar surface area (TPSA) is 0 Å². The molecule has 2 aliphatic rings. The SMILES string of the molecule is C1CCC(C2CCCC2)C1.[AlH3]. The van der Waals surface area contributed by atoms with E-state index in [0.717, 1.165) is 11.8 Å². The fraction of sp³-hybridized carbons (Fsp3) is 1.00. The van der Waals surface area contributed by atoms with Gasteiger partial charge in [-0.05, 0) is 11.8 Å². The maximum absolute atomic E-state index is 1.56. The second-order valence-corrected chi connectivity index (χ2v) is 4.09. The van der Waals surface area contributed by atoms with Crippen LogP contribution in [0.2, 0.25) is 0 Å². The number of rotatable bonds is 1. The average Bonchev–Trinajstić information content (AvgIpc) is 2.59. The minimum absolute atomic E-state index is 0. The maximum atomic E-state index is 1.56. The van der Waals surface area contributed by atoms with Crippen LogP contribution in [-0.4, -0.2) is 17.4 Å². The monoisotopic (exact) mass is 168 g/mol. The molecule has 0 N–H and O–H groups in total. The molecule has 2 saturated carbocycles. The lowest BCUT2D eigenvalue weighted by Crippen LogP contribution is -2.06. The van der Waals surface area contributed by atoms with Crippen molar-refractivity contribution in [3.63, 3.8) is 0 Å². The summed E-state index contributed by atoms with van der Waals surface area (Å²) in [4.78, 5) is 0. The molecule has 0 heterocycles. The van der Waals surface area contributed by atoms with Gasteiger partial charge in [0.1, 0.15) is 0 Å². The Bertz CT molecular complexity index is 85.4. The average molecular weight is 168 g/mol. The van der Waals surface area contributed by atoms with Crippen LogP contribution in [0, 0.1) is 11.8 Å². The Labute approximate surface area is 80.9 Å². The first-order chi connectivity index (χ1) is 4.97. The lowest BCUT2D eigenvalue weighted by Gasteiger charge is -2.16. The molecule has 0 nitrogen and oxygen atoms in total. The van der Waals surface area contributed by atoms with Crippen LogP contribution in [-0.2, 0) is 0 Å². The highest BCUT2D eigenvalue weighted by atomic mass is 27.0. The summed E-state index contributed by atoms with van der Waals surface area (Å²) in [7, 11) is 0. The second kappa shape index (κ2) is 4.53. The third kappa shape index (κ3) is 2.23. The summed E-state index contributed by atoms with van der Waals surface area (Å²) in [5, 5.41) is 0. The Kier molecular flexibility index (Phi) is 3.96. The van der Waals surface area contributed by atoms with Gasteiger partial charge in [0.25, 0.3) is 0 Å². The van der Waals surface area contributed by atoms with Crippen LogP contribution in [0.3, 0.4) is 0 Å². The Balaban J connectivity index is 0.000000605. The van der Waals surface area contributed by atoms with Gasteiger partial charge in [-0.1, -0.05) is 51.4 Å². The molecule has 64 valence electrons. The van der Waals surface area contributed by atoms with Gasteiger partial charge in [-0.25, -0.2) is 0 Å². The van der Waals surface area contributed by atoms with Gasteiger partial charge in [0.2, 0.25) is 0 Å². The molecule has 2 aliphatic carbocycles. The number of hydrogen-bond donors (Lipinski definition) is 0. The van der Waals surface area contributed by atoms with Crippen molar-refractivity contribution in [3.8, 4) is 0 Å². The maximum Gasteiger partial charge on any atom is 0.187 e. The van der Waals surface area contributed by atoms with Crippen molar-refractivity contribution in [2.75, 3.05) is 0 Å². The summed E-state index contributed by atoms with van der Waals surface area (Å²) in [6.07, 6.45) is 12.4.